The lowest BCUT2D eigenvalue weighted by molar-refractivity contribution is 0.204. The molecule has 0 aliphatic carbocycles. The Balaban J connectivity index is 1.51. The van der Waals surface area contributed by atoms with Crippen LogP contribution in [0.3, 0.4) is 0 Å². The van der Waals surface area contributed by atoms with Crippen molar-refractivity contribution in [3.8, 4) is 23.0 Å². The number of nitrogen functional groups attached to an aromatic ring is 1. The number of hydrogen-bond acceptors (Lipinski definition) is 9. The molecule has 0 saturated heterocycles. The van der Waals surface area contributed by atoms with Crippen LogP contribution in [0.25, 0.3) is 22.4 Å². The topological polar surface area (TPSA) is 122 Å². The van der Waals surface area contributed by atoms with Gasteiger partial charge >= 0.3 is 0 Å². The molecule has 0 radical (unpaired) electrons. The summed E-state index contributed by atoms with van der Waals surface area (Å²) in [5.74, 6) is -0.442. The maximum atomic E-state index is 15.0. The fourth-order valence-electron chi connectivity index (χ4n) is 4.57. The first-order valence-corrected chi connectivity index (χ1v) is 18.0. The Labute approximate surface area is 268 Å². The van der Waals surface area contributed by atoms with Gasteiger partial charge < -0.3 is 25.0 Å². The van der Waals surface area contributed by atoms with Crippen LogP contribution in [-0.4, -0.2) is 52.9 Å². The summed E-state index contributed by atoms with van der Waals surface area (Å²) >= 11 is 0. The Hall–Kier alpha value is -4.62. The third-order valence-corrected chi connectivity index (χ3v) is 12.6. The number of nitrogens with zero attached hydrogens (tertiary/aromatic N) is 5. The Kier molecular flexibility index (Phi) is 9.54. The molecule has 3 heterocycles. The highest BCUT2D eigenvalue weighted by molar-refractivity contribution is 6.74. The van der Waals surface area contributed by atoms with Crippen molar-refractivity contribution in [3.05, 3.63) is 78.1 Å². The number of nitrogens with one attached hydrogen (secondary N) is 1. The Morgan fingerprint density at radius 3 is 2.33 bits per heavy atom. The predicted octanol–water partition coefficient (Wildman–Crippen LogP) is 7.34. The Bertz CT molecular complexity index is 1810. The van der Waals surface area contributed by atoms with Gasteiger partial charge in [-0.2, -0.15) is 5.10 Å². The number of nitrogens with two attached hydrogens (primary N) is 1. The highest BCUT2D eigenvalue weighted by Crippen LogP contribution is 2.38. The number of pyridine rings is 1. The lowest BCUT2D eigenvalue weighted by Gasteiger charge is -2.36. The minimum Gasteiger partial charge on any atom is -0.494 e. The van der Waals surface area contributed by atoms with Crippen LogP contribution in [0.15, 0.2) is 60.9 Å². The zero-order chi connectivity index (χ0) is 33.1. The molecule has 0 aliphatic rings. The van der Waals surface area contributed by atoms with Crippen LogP contribution >= 0.6 is 0 Å². The van der Waals surface area contributed by atoms with Crippen molar-refractivity contribution in [2.45, 2.75) is 52.4 Å². The number of benzene rings is 2. The van der Waals surface area contributed by atoms with Crippen LogP contribution in [0.1, 0.15) is 33.3 Å². The normalized spacial score (nSPS) is 12.0. The van der Waals surface area contributed by atoms with Crippen molar-refractivity contribution in [2.75, 3.05) is 30.9 Å². The van der Waals surface area contributed by atoms with Crippen LogP contribution in [0.4, 0.5) is 26.1 Å². The van der Waals surface area contributed by atoms with E-state index in [1.54, 1.807) is 31.5 Å². The molecule has 0 saturated carbocycles. The second-order valence-electron chi connectivity index (χ2n) is 12.3. The molecule has 5 aromatic rings. The number of fused-ring (bicyclic) bond motifs is 1. The van der Waals surface area contributed by atoms with Crippen molar-refractivity contribution in [1.82, 2.24) is 24.7 Å². The first kappa shape index (κ1) is 32.8. The zero-order valence-electron chi connectivity index (χ0n) is 26.9. The average Bonchev–Trinajstić information content (AvgIpc) is 3.36. The molecule has 46 heavy (non-hydrogen) atoms. The van der Waals surface area contributed by atoms with Gasteiger partial charge in [0.1, 0.15) is 29.7 Å². The van der Waals surface area contributed by atoms with Gasteiger partial charge in [0.25, 0.3) is 0 Å². The van der Waals surface area contributed by atoms with Gasteiger partial charge in [-0.05, 0) is 43.3 Å². The van der Waals surface area contributed by atoms with Crippen LogP contribution in [0.2, 0.25) is 18.1 Å². The fourth-order valence-corrected chi connectivity index (χ4v) is 5.60. The summed E-state index contributed by atoms with van der Waals surface area (Å²) in [5.41, 5.74) is 8.08. The number of hydrogen-bond donors (Lipinski definition) is 2. The fraction of sp³-hybridized carbons (Fsp3) is 0.333. The average molecular weight is 648 g/mol. The molecule has 2 aromatic carbocycles. The number of rotatable bonds is 12. The summed E-state index contributed by atoms with van der Waals surface area (Å²) in [5, 5.41) is 8.71. The first-order chi connectivity index (χ1) is 21.9. The summed E-state index contributed by atoms with van der Waals surface area (Å²) in [6, 6.07) is 13.2. The molecule has 3 N–H and O–H groups in total. The van der Waals surface area contributed by atoms with E-state index in [0.717, 1.165) is 0 Å². The van der Waals surface area contributed by atoms with E-state index in [0.29, 0.717) is 41.3 Å². The van der Waals surface area contributed by atoms with Gasteiger partial charge in [0, 0.05) is 41.2 Å². The molecular weight excluding hydrogens is 608 g/mol. The van der Waals surface area contributed by atoms with E-state index in [1.165, 1.54) is 16.8 Å². The minimum atomic E-state index is -1.98. The molecule has 5 rings (SSSR count). The monoisotopic (exact) mass is 647 g/mol. The third kappa shape index (κ3) is 7.10. The Morgan fingerprint density at radius 2 is 1.65 bits per heavy atom. The quantitative estimate of drug-likeness (QED) is 0.106. The van der Waals surface area contributed by atoms with Crippen molar-refractivity contribution in [1.29, 1.82) is 0 Å². The summed E-state index contributed by atoms with van der Waals surface area (Å²) in [6.45, 7) is 13.4. The van der Waals surface area contributed by atoms with Crippen LogP contribution < -0.4 is 20.5 Å². The smallest absolute Gasteiger partial charge is 0.204 e. The molecule has 10 nitrogen and oxygen atoms in total. The molecule has 0 atom stereocenters. The highest BCUT2D eigenvalue weighted by Gasteiger charge is 2.37. The number of ether oxygens (including phenoxy) is 2. The van der Waals surface area contributed by atoms with Crippen molar-refractivity contribution in [2.24, 2.45) is 0 Å². The van der Waals surface area contributed by atoms with Crippen LogP contribution in [0.5, 0.6) is 11.5 Å². The van der Waals surface area contributed by atoms with Gasteiger partial charge in [-0.1, -0.05) is 39.0 Å². The number of halogens is 2. The molecule has 0 fully saturated rings. The second kappa shape index (κ2) is 13.4. The van der Waals surface area contributed by atoms with Crippen LogP contribution in [0, 0.1) is 11.6 Å². The summed E-state index contributed by atoms with van der Waals surface area (Å²) in [6.07, 6.45) is 3.30. The van der Waals surface area contributed by atoms with Gasteiger partial charge in [-0.25, -0.2) is 18.7 Å². The summed E-state index contributed by atoms with van der Waals surface area (Å²) in [4.78, 5) is 13.4. The van der Waals surface area contributed by atoms with E-state index in [4.69, 9.17) is 29.7 Å². The molecule has 0 aliphatic heterocycles. The largest absolute Gasteiger partial charge is 0.494 e. The number of para-hydroxylation sites is 1. The van der Waals surface area contributed by atoms with E-state index in [1.807, 2.05) is 24.3 Å². The standard InChI is InChI=1S/C33H39F2N7O3Si/c1-7-43-22-18-25(34)24(26(35)19-22)20-42-27-11-9-8-10-23(27)28(41-42)31-39-30(36)29(32(40-31)38-21-12-14-37-15-13-21)44-16-17-45-46(5,6)33(2,3)4/h8-15,18-19H,7,16-17,20H2,1-6H3,(H3,36,37,38,39,40). The Morgan fingerprint density at radius 1 is 0.957 bits per heavy atom. The molecule has 242 valence electrons. The van der Waals surface area contributed by atoms with E-state index >= 15 is 8.78 Å². The maximum absolute atomic E-state index is 15.0. The minimum absolute atomic E-state index is 0.0570. The molecule has 0 bridgehead atoms. The molecule has 0 spiro atoms. The lowest BCUT2D eigenvalue weighted by atomic mass is 10.1. The van der Waals surface area contributed by atoms with E-state index in [2.05, 4.69) is 49.1 Å². The van der Waals surface area contributed by atoms with E-state index in [-0.39, 0.29) is 46.9 Å². The van der Waals surface area contributed by atoms with Crippen LogP contribution in [-0.2, 0) is 11.0 Å². The molecule has 13 heteroatoms. The van der Waals surface area contributed by atoms with Crippen molar-refractivity contribution in [3.63, 3.8) is 0 Å². The van der Waals surface area contributed by atoms with Gasteiger partial charge in [0.15, 0.2) is 25.8 Å². The summed E-state index contributed by atoms with van der Waals surface area (Å²) < 4.78 is 49.2. The van der Waals surface area contributed by atoms with Crippen molar-refractivity contribution >= 4 is 36.5 Å². The predicted molar refractivity (Wildman–Crippen MR) is 178 cm³/mol. The van der Waals surface area contributed by atoms with Gasteiger partial charge in [0.05, 0.1) is 25.3 Å². The third-order valence-electron chi connectivity index (χ3n) is 8.04. The number of aromatic nitrogens is 5. The maximum Gasteiger partial charge on any atom is 0.204 e. The van der Waals surface area contributed by atoms with Gasteiger partial charge in [0.2, 0.25) is 5.75 Å². The zero-order valence-corrected chi connectivity index (χ0v) is 27.9. The number of anilines is 3. The van der Waals surface area contributed by atoms with E-state index < -0.39 is 20.0 Å². The molecule has 0 amide bonds. The molecule has 0 unspecified atom stereocenters. The molecule has 3 aromatic heterocycles. The SMILES string of the molecule is CCOc1cc(F)c(Cn2nc(-c3nc(N)c(OCCO[Si](C)(C)C(C)(C)C)c(Nc4ccncc4)n3)c3ccccc32)c(F)c1. The van der Waals surface area contributed by atoms with Crippen molar-refractivity contribution < 1.29 is 22.7 Å². The van der Waals surface area contributed by atoms with Gasteiger partial charge in [-0.3, -0.25) is 9.67 Å². The first-order valence-electron chi connectivity index (χ1n) is 15.1. The summed E-state index contributed by atoms with van der Waals surface area (Å²) in [7, 11) is -1.98. The lowest BCUT2D eigenvalue weighted by Crippen LogP contribution is -2.41. The van der Waals surface area contributed by atoms with E-state index in [9.17, 15) is 0 Å². The highest BCUT2D eigenvalue weighted by atomic mass is 28.4. The molecular formula is C33H39F2N7O3Si. The second-order valence-corrected chi connectivity index (χ2v) is 17.1. The van der Waals surface area contributed by atoms with Gasteiger partial charge in [-0.15, -0.1) is 0 Å².